The van der Waals surface area contributed by atoms with E-state index in [2.05, 4.69) is 0 Å². The standard InChI is InChI=1S/Fe.2H3N.2Na/h;2*1H3;;/q+2;;;2*+1/p+2. The zero-order chi connectivity index (χ0) is 0. The van der Waals surface area contributed by atoms with Crippen LogP contribution in [-0.2, 0) is 17.1 Å². The molecule has 0 radical (unpaired) electrons. The van der Waals surface area contributed by atoms with Gasteiger partial charge in [-0.15, -0.1) is 0 Å². The zero-order valence-corrected chi connectivity index (χ0v) is 9.46. The first-order valence-corrected chi connectivity index (χ1v) is 0. The van der Waals surface area contributed by atoms with Gasteiger partial charge in [-0.05, 0) is 0 Å². The quantitative estimate of drug-likeness (QED) is 0.314. The summed E-state index contributed by atoms with van der Waals surface area (Å²) in [6, 6.07) is 0. The number of rotatable bonds is 0. The molecule has 0 atom stereocenters. The Kier molecular flexibility index (Phi) is 332. The molecule has 0 aromatic carbocycles. The van der Waals surface area contributed by atoms with Gasteiger partial charge in [-0.1, -0.05) is 0 Å². The van der Waals surface area contributed by atoms with Crippen molar-refractivity contribution in [1.29, 1.82) is 0 Å². The van der Waals surface area contributed by atoms with Gasteiger partial charge in [0.2, 0.25) is 0 Å². The molecule has 8 N–H and O–H groups in total. The van der Waals surface area contributed by atoms with Crippen molar-refractivity contribution in [2.45, 2.75) is 0 Å². The van der Waals surface area contributed by atoms with E-state index in [0.717, 1.165) is 0 Å². The molecule has 0 rings (SSSR count). The van der Waals surface area contributed by atoms with Crippen molar-refractivity contribution in [3.8, 4) is 0 Å². The molecule has 0 aromatic rings. The maximum absolute atomic E-state index is 0. The molecule has 0 saturated heterocycles. The second-order valence-corrected chi connectivity index (χ2v) is 0. The predicted octanol–water partition coefficient (Wildman–Crippen LogP) is -5.24. The molecule has 22 valence electrons. The van der Waals surface area contributed by atoms with Crippen molar-refractivity contribution in [3.63, 3.8) is 0 Å². The summed E-state index contributed by atoms with van der Waals surface area (Å²) in [5.41, 5.74) is 0. The van der Waals surface area contributed by atoms with Crippen molar-refractivity contribution in [2.75, 3.05) is 0 Å². The van der Waals surface area contributed by atoms with E-state index in [1.54, 1.807) is 0 Å². The van der Waals surface area contributed by atoms with E-state index in [0.29, 0.717) is 0 Å². The van der Waals surface area contributed by atoms with E-state index < -0.39 is 0 Å². The molecule has 0 unspecified atom stereocenters. The van der Waals surface area contributed by atoms with Gasteiger partial charge in [0.05, 0.1) is 0 Å². The first kappa shape index (κ1) is 51.8. The molecule has 0 aliphatic carbocycles. The van der Waals surface area contributed by atoms with Gasteiger partial charge in [0.1, 0.15) is 0 Å². The van der Waals surface area contributed by atoms with Crippen LogP contribution in [-0.4, -0.2) is 0 Å². The van der Waals surface area contributed by atoms with E-state index >= 15 is 0 Å². The Morgan fingerprint density at radius 2 is 0.600 bits per heavy atom. The number of hydrogen-bond donors (Lipinski definition) is 2. The third-order valence-electron chi connectivity index (χ3n) is 0. The molecule has 5 heavy (non-hydrogen) atoms. The molecule has 0 amide bonds. The summed E-state index contributed by atoms with van der Waals surface area (Å²) in [6.07, 6.45) is 0. The first-order chi connectivity index (χ1) is 0. The second-order valence-electron chi connectivity index (χ2n) is 0. The molecular weight excluding hydrogens is 130 g/mol. The Balaban J connectivity index is 0. The molecule has 2 nitrogen and oxygen atoms in total. The maximum Gasteiger partial charge on any atom is 2.00 e. The normalized spacial score (nSPS) is 0. The van der Waals surface area contributed by atoms with Crippen LogP contribution in [0.1, 0.15) is 0 Å². The van der Waals surface area contributed by atoms with Crippen LogP contribution in [0.4, 0.5) is 0 Å². The molecule has 0 aromatic heterocycles. The third kappa shape index (κ3) is 21.3. The van der Waals surface area contributed by atoms with Crippen molar-refractivity contribution < 1.29 is 76.2 Å². The van der Waals surface area contributed by atoms with Gasteiger partial charge in [0, 0.05) is 0 Å². The second kappa shape index (κ2) is 32.0. The fraction of sp³-hybridized carbons (Fsp3) is 0. The molecule has 0 spiro atoms. The van der Waals surface area contributed by atoms with Crippen molar-refractivity contribution >= 4 is 0 Å². The summed E-state index contributed by atoms with van der Waals surface area (Å²) in [5.74, 6) is 0. The average molecular weight is 138 g/mol. The van der Waals surface area contributed by atoms with Crippen molar-refractivity contribution in [3.05, 3.63) is 0 Å². The molecule has 0 aliphatic heterocycles. The van der Waals surface area contributed by atoms with Gasteiger partial charge >= 0.3 is 76.2 Å². The Hall–Kier alpha value is 2.44. The predicted molar refractivity (Wildman–Crippen MR) is 12.0 cm³/mol. The van der Waals surface area contributed by atoms with Gasteiger partial charge < -0.3 is 12.3 Å². The molecule has 0 bridgehead atoms. The number of hydrogen-bond acceptors (Lipinski definition) is 0. The molecule has 5 heteroatoms. The van der Waals surface area contributed by atoms with Crippen molar-refractivity contribution in [2.24, 2.45) is 0 Å². The minimum absolute atomic E-state index is 0. The van der Waals surface area contributed by atoms with Crippen LogP contribution in [0.5, 0.6) is 0 Å². The Labute approximate surface area is 87.1 Å². The van der Waals surface area contributed by atoms with E-state index in [9.17, 15) is 0 Å². The smallest absolute Gasteiger partial charge is 0.369 e. The SMILES string of the molecule is [Fe+2].[NH4+].[NH4+].[Na+].[Na+]. The molecular formula is H8FeN2Na2+6. The minimum Gasteiger partial charge on any atom is -0.369 e. The van der Waals surface area contributed by atoms with Gasteiger partial charge in [-0.3, -0.25) is 0 Å². The van der Waals surface area contributed by atoms with Gasteiger partial charge in [-0.25, -0.2) is 0 Å². The summed E-state index contributed by atoms with van der Waals surface area (Å²) in [7, 11) is 0. The Morgan fingerprint density at radius 1 is 0.600 bits per heavy atom. The molecule has 0 aliphatic rings. The summed E-state index contributed by atoms with van der Waals surface area (Å²) in [4.78, 5) is 0. The minimum atomic E-state index is 0. The molecule has 0 saturated carbocycles. The van der Waals surface area contributed by atoms with Crippen LogP contribution in [0.2, 0.25) is 0 Å². The van der Waals surface area contributed by atoms with Crippen LogP contribution in [0.25, 0.3) is 0 Å². The van der Waals surface area contributed by atoms with Crippen LogP contribution in [0, 0.1) is 0 Å². The van der Waals surface area contributed by atoms with E-state index in [1.165, 1.54) is 0 Å². The Bertz CT molecular complexity index is 7.61. The fourth-order valence-electron chi connectivity index (χ4n) is 0. The Morgan fingerprint density at radius 3 is 0.600 bits per heavy atom. The first-order valence-electron chi connectivity index (χ1n) is 0. The van der Waals surface area contributed by atoms with Crippen molar-refractivity contribution in [1.82, 2.24) is 12.3 Å². The monoisotopic (exact) mass is 138 g/mol. The summed E-state index contributed by atoms with van der Waals surface area (Å²) >= 11 is 0. The fourth-order valence-corrected chi connectivity index (χ4v) is 0. The topological polar surface area (TPSA) is 73.0 Å². The van der Waals surface area contributed by atoms with E-state index in [1.807, 2.05) is 0 Å². The zero-order valence-electron chi connectivity index (χ0n) is 4.35. The van der Waals surface area contributed by atoms with Crippen LogP contribution >= 0.6 is 0 Å². The van der Waals surface area contributed by atoms with Crippen LogP contribution in [0.3, 0.4) is 0 Å². The van der Waals surface area contributed by atoms with E-state index in [4.69, 9.17) is 0 Å². The van der Waals surface area contributed by atoms with Crippen LogP contribution < -0.4 is 71.4 Å². The van der Waals surface area contributed by atoms with Crippen LogP contribution in [0.15, 0.2) is 0 Å². The van der Waals surface area contributed by atoms with Gasteiger partial charge in [-0.2, -0.15) is 0 Å². The summed E-state index contributed by atoms with van der Waals surface area (Å²) < 4.78 is 0. The maximum atomic E-state index is 0. The largest absolute Gasteiger partial charge is 2.00 e. The van der Waals surface area contributed by atoms with Gasteiger partial charge in [0.25, 0.3) is 0 Å². The third-order valence-corrected chi connectivity index (χ3v) is 0. The van der Waals surface area contributed by atoms with Gasteiger partial charge in [0.15, 0.2) is 0 Å². The molecule has 0 fully saturated rings. The summed E-state index contributed by atoms with van der Waals surface area (Å²) in [5, 5.41) is 0. The van der Waals surface area contributed by atoms with E-state index in [-0.39, 0.29) is 88.5 Å². The number of quaternary nitrogens is 2. The molecule has 0 heterocycles. The average Bonchev–Trinajstić information content (AvgIpc) is 0. The summed E-state index contributed by atoms with van der Waals surface area (Å²) in [6.45, 7) is 0.